The molecule has 1 aromatic rings. The van der Waals surface area contributed by atoms with Crippen molar-refractivity contribution in [2.45, 2.75) is 51.5 Å². The van der Waals surface area contributed by atoms with Gasteiger partial charge in [-0.15, -0.1) is 11.3 Å². The molecule has 0 saturated heterocycles. The molecule has 3 heteroatoms. The van der Waals surface area contributed by atoms with Crippen molar-refractivity contribution in [2.75, 3.05) is 7.05 Å². The summed E-state index contributed by atoms with van der Waals surface area (Å²) in [6.07, 6.45) is 6.23. The van der Waals surface area contributed by atoms with Crippen LogP contribution in [0.15, 0.2) is 0 Å². The van der Waals surface area contributed by atoms with Gasteiger partial charge in [0.2, 0.25) is 0 Å². The third-order valence-corrected chi connectivity index (χ3v) is 4.79. The van der Waals surface area contributed by atoms with Crippen LogP contribution in [0.25, 0.3) is 0 Å². The number of aryl methyl sites for hydroxylation is 2. The van der Waals surface area contributed by atoms with E-state index in [-0.39, 0.29) is 5.54 Å². The van der Waals surface area contributed by atoms with Crippen LogP contribution in [0.2, 0.25) is 0 Å². The van der Waals surface area contributed by atoms with Gasteiger partial charge in [-0.05, 0) is 33.2 Å². The second-order valence-corrected chi connectivity index (χ2v) is 5.62. The van der Waals surface area contributed by atoms with Gasteiger partial charge in [-0.1, -0.05) is 19.8 Å². The Labute approximate surface area is 96.1 Å². The van der Waals surface area contributed by atoms with Crippen LogP contribution in [-0.2, 0) is 12.0 Å². The molecule has 1 N–H and O–H groups in total. The lowest BCUT2D eigenvalue weighted by molar-refractivity contribution is 0.370. The predicted molar refractivity (Wildman–Crippen MR) is 65.4 cm³/mol. The molecule has 1 saturated carbocycles. The van der Waals surface area contributed by atoms with E-state index in [1.165, 1.54) is 41.3 Å². The number of nitrogens with one attached hydrogen (secondary N) is 1. The van der Waals surface area contributed by atoms with Crippen LogP contribution in [0.1, 0.15) is 48.2 Å². The summed E-state index contributed by atoms with van der Waals surface area (Å²) in [7, 11) is 2.08. The van der Waals surface area contributed by atoms with Gasteiger partial charge in [-0.25, -0.2) is 4.98 Å². The number of hydrogen-bond donors (Lipinski definition) is 1. The molecule has 0 radical (unpaired) electrons. The molecular formula is C12H20N2S. The Balaban J connectivity index is 2.34. The minimum absolute atomic E-state index is 0.197. The standard InChI is InChI=1S/C12H20N2S/c1-4-10-9(2)15-11(14-10)12(13-3)7-5-6-8-12/h13H,4-8H2,1-3H3. The van der Waals surface area contributed by atoms with Crippen LogP contribution < -0.4 is 5.32 Å². The van der Waals surface area contributed by atoms with Crippen molar-refractivity contribution in [3.63, 3.8) is 0 Å². The minimum Gasteiger partial charge on any atom is -0.308 e. The Bertz CT molecular complexity index is 337. The molecule has 84 valence electrons. The predicted octanol–water partition coefficient (Wildman–Crippen LogP) is 3.00. The quantitative estimate of drug-likeness (QED) is 0.853. The van der Waals surface area contributed by atoms with Crippen LogP contribution in [-0.4, -0.2) is 12.0 Å². The maximum atomic E-state index is 4.81. The van der Waals surface area contributed by atoms with Crippen molar-refractivity contribution >= 4 is 11.3 Å². The highest BCUT2D eigenvalue weighted by molar-refractivity contribution is 7.11. The van der Waals surface area contributed by atoms with Gasteiger partial charge < -0.3 is 5.32 Å². The summed E-state index contributed by atoms with van der Waals surface area (Å²) >= 11 is 1.89. The van der Waals surface area contributed by atoms with Gasteiger partial charge in [0.1, 0.15) is 5.01 Å². The molecule has 0 atom stereocenters. The van der Waals surface area contributed by atoms with Crippen molar-refractivity contribution in [2.24, 2.45) is 0 Å². The largest absolute Gasteiger partial charge is 0.308 e. The molecule has 0 bridgehead atoms. The van der Waals surface area contributed by atoms with E-state index in [1.54, 1.807) is 0 Å². The summed E-state index contributed by atoms with van der Waals surface area (Å²) in [4.78, 5) is 6.21. The lowest BCUT2D eigenvalue weighted by atomic mass is 9.99. The fourth-order valence-electron chi connectivity index (χ4n) is 2.51. The summed E-state index contributed by atoms with van der Waals surface area (Å²) in [6, 6.07) is 0. The highest BCUT2D eigenvalue weighted by Gasteiger charge is 2.36. The van der Waals surface area contributed by atoms with Gasteiger partial charge in [0, 0.05) is 4.88 Å². The lowest BCUT2D eigenvalue weighted by Gasteiger charge is -2.25. The van der Waals surface area contributed by atoms with E-state index in [9.17, 15) is 0 Å². The molecule has 1 heterocycles. The Hall–Kier alpha value is -0.410. The summed E-state index contributed by atoms with van der Waals surface area (Å²) in [5.41, 5.74) is 1.49. The highest BCUT2D eigenvalue weighted by Crippen LogP contribution is 2.40. The van der Waals surface area contributed by atoms with E-state index < -0.39 is 0 Å². The van der Waals surface area contributed by atoms with Gasteiger partial charge in [0.05, 0.1) is 11.2 Å². The first-order chi connectivity index (χ1) is 7.22. The zero-order valence-corrected chi connectivity index (χ0v) is 10.7. The molecule has 1 fully saturated rings. The third-order valence-electron chi connectivity index (χ3n) is 3.57. The molecular weight excluding hydrogens is 204 g/mol. The highest BCUT2D eigenvalue weighted by atomic mass is 32.1. The van der Waals surface area contributed by atoms with Crippen molar-refractivity contribution in [1.29, 1.82) is 0 Å². The van der Waals surface area contributed by atoms with E-state index in [4.69, 9.17) is 4.98 Å². The minimum atomic E-state index is 0.197. The van der Waals surface area contributed by atoms with Crippen LogP contribution in [0.3, 0.4) is 0 Å². The molecule has 2 rings (SSSR count). The second kappa shape index (κ2) is 4.22. The molecule has 0 aliphatic heterocycles. The Kier molecular flexibility index (Phi) is 3.12. The normalized spacial score (nSPS) is 19.7. The van der Waals surface area contributed by atoms with Crippen LogP contribution in [0, 0.1) is 6.92 Å². The van der Waals surface area contributed by atoms with E-state index in [0.29, 0.717) is 0 Å². The molecule has 15 heavy (non-hydrogen) atoms. The molecule has 0 amide bonds. The topological polar surface area (TPSA) is 24.9 Å². The van der Waals surface area contributed by atoms with E-state index in [0.717, 1.165) is 6.42 Å². The molecule has 2 nitrogen and oxygen atoms in total. The maximum Gasteiger partial charge on any atom is 0.113 e. The first-order valence-electron chi connectivity index (χ1n) is 5.87. The van der Waals surface area contributed by atoms with Crippen molar-refractivity contribution in [3.8, 4) is 0 Å². The summed E-state index contributed by atoms with van der Waals surface area (Å²) < 4.78 is 0. The van der Waals surface area contributed by atoms with Crippen LogP contribution >= 0.6 is 11.3 Å². The number of aromatic nitrogens is 1. The zero-order valence-electron chi connectivity index (χ0n) is 9.89. The van der Waals surface area contributed by atoms with Crippen LogP contribution in [0.4, 0.5) is 0 Å². The van der Waals surface area contributed by atoms with Crippen molar-refractivity contribution in [3.05, 3.63) is 15.6 Å². The molecule has 1 aliphatic rings. The number of nitrogens with zero attached hydrogens (tertiary/aromatic N) is 1. The molecule has 0 aromatic carbocycles. The second-order valence-electron chi connectivity index (χ2n) is 4.41. The van der Waals surface area contributed by atoms with Crippen molar-refractivity contribution in [1.82, 2.24) is 10.3 Å². The lowest BCUT2D eigenvalue weighted by Crippen LogP contribution is -2.36. The molecule has 0 unspecified atom stereocenters. The molecule has 0 spiro atoms. The Morgan fingerprint density at radius 2 is 2.07 bits per heavy atom. The summed E-state index contributed by atoms with van der Waals surface area (Å²) in [5.74, 6) is 0. The maximum absolute atomic E-state index is 4.81. The van der Waals surface area contributed by atoms with Gasteiger partial charge in [0.15, 0.2) is 0 Å². The smallest absolute Gasteiger partial charge is 0.113 e. The SMILES string of the molecule is CCc1nc(C2(NC)CCCC2)sc1C. The average molecular weight is 224 g/mol. The van der Waals surface area contributed by atoms with Crippen LogP contribution in [0.5, 0.6) is 0 Å². The van der Waals surface area contributed by atoms with Gasteiger partial charge >= 0.3 is 0 Å². The monoisotopic (exact) mass is 224 g/mol. The average Bonchev–Trinajstić information content (AvgIpc) is 2.84. The Morgan fingerprint density at radius 3 is 2.53 bits per heavy atom. The van der Waals surface area contributed by atoms with Gasteiger partial charge in [0.25, 0.3) is 0 Å². The molecule has 1 aromatic heterocycles. The van der Waals surface area contributed by atoms with E-state index in [1.807, 2.05) is 11.3 Å². The number of rotatable bonds is 3. The fourth-order valence-corrected chi connectivity index (χ4v) is 3.77. The zero-order chi connectivity index (χ0) is 10.9. The van der Waals surface area contributed by atoms with E-state index >= 15 is 0 Å². The van der Waals surface area contributed by atoms with Gasteiger partial charge in [-0.2, -0.15) is 0 Å². The summed E-state index contributed by atoms with van der Waals surface area (Å²) in [6.45, 7) is 4.38. The molecule has 1 aliphatic carbocycles. The summed E-state index contributed by atoms with van der Waals surface area (Å²) in [5, 5.41) is 4.82. The van der Waals surface area contributed by atoms with E-state index in [2.05, 4.69) is 26.2 Å². The third kappa shape index (κ3) is 1.83. The van der Waals surface area contributed by atoms with Crippen molar-refractivity contribution < 1.29 is 0 Å². The first-order valence-corrected chi connectivity index (χ1v) is 6.69. The fraction of sp³-hybridized carbons (Fsp3) is 0.750. The Morgan fingerprint density at radius 1 is 1.40 bits per heavy atom. The number of hydrogen-bond acceptors (Lipinski definition) is 3. The number of thiazole rings is 1. The van der Waals surface area contributed by atoms with Gasteiger partial charge in [-0.3, -0.25) is 0 Å². The first kappa shape index (κ1) is 11.1.